The number of hydrogen-bond acceptors (Lipinski definition) is 3. The summed E-state index contributed by atoms with van der Waals surface area (Å²) in [4.78, 5) is 8.25. The van der Waals surface area contributed by atoms with Crippen LogP contribution < -0.4 is 0 Å². The van der Waals surface area contributed by atoms with Crippen LogP contribution in [-0.4, -0.2) is 35.7 Å². The molecule has 0 aromatic heterocycles. The standard InChI is InChI=1S/C32H68N.NO3/c1-5-9-11-13-15-17-18-19-20-21-22-23-24-26-28-30-32-33(7-3,8-4)31-29-27-25-16-14-12-10-6-2;2-1(3)4/h5-32H2,1-4H3;/q+1;-1. The van der Waals surface area contributed by atoms with Crippen LogP contribution in [0.2, 0.25) is 0 Å². The van der Waals surface area contributed by atoms with E-state index >= 15 is 0 Å². The minimum absolute atomic E-state index is 1.34. The highest BCUT2D eigenvalue weighted by Crippen LogP contribution is 2.17. The first-order valence-corrected chi connectivity index (χ1v) is 16.6. The molecular weight excluding hydrogens is 460 g/mol. The summed E-state index contributed by atoms with van der Waals surface area (Å²) < 4.78 is 1.38. The zero-order valence-electron chi connectivity index (χ0n) is 25.9. The van der Waals surface area contributed by atoms with Crippen molar-refractivity contribution in [3.8, 4) is 0 Å². The average Bonchev–Trinajstić information content (AvgIpc) is 2.88. The highest BCUT2D eigenvalue weighted by Gasteiger charge is 2.21. The van der Waals surface area contributed by atoms with E-state index in [1.807, 2.05) is 0 Å². The van der Waals surface area contributed by atoms with E-state index in [2.05, 4.69) is 27.7 Å². The van der Waals surface area contributed by atoms with E-state index in [1.54, 1.807) is 0 Å². The molecule has 0 saturated carbocycles. The molecule has 0 bridgehead atoms. The van der Waals surface area contributed by atoms with Gasteiger partial charge in [-0.3, -0.25) is 0 Å². The normalized spacial score (nSPS) is 11.4. The summed E-state index contributed by atoms with van der Waals surface area (Å²) in [6.45, 7) is 15.0. The molecule has 0 N–H and O–H groups in total. The molecule has 0 fully saturated rings. The summed E-state index contributed by atoms with van der Waals surface area (Å²) in [6.07, 6.45) is 35.1. The first-order valence-electron chi connectivity index (χ1n) is 16.6. The van der Waals surface area contributed by atoms with Crippen LogP contribution in [0, 0.1) is 15.3 Å². The largest absolute Gasteiger partial charge is 0.356 e. The third-order valence-corrected chi connectivity index (χ3v) is 8.31. The summed E-state index contributed by atoms with van der Waals surface area (Å²) in [7, 11) is 0. The van der Waals surface area contributed by atoms with Gasteiger partial charge in [-0.15, -0.1) is 0 Å². The maximum atomic E-state index is 8.25. The molecule has 0 rings (SSSR count). The van der Waals surface area contributed by atoms with Gasteiger partial charge in [-0.1, -0.05) is 142 Å². The SMILES string of the molecule is CCCCCCCCCCCCCCCCCC[N+](CC)(CC)CCCCCCCCCC.O=[N+]([O-])[O-]. The number of rotatable bonds is 28. The topological polar surface area (TPSA) is 66.2 Å². The Balaban J connectivity index is 0. The van der Waals surface area contributed by atoms with Crippen molar-refractivity contribution in [1.82, 2.24) is 0 Å². The molecule has 5 heteroatoms. The molecule has 0 amide bonds. The Morgan fingerprint density at radius 3 is 0.784 bits per heavy atom. The fraction of sp³-hybridized carbons (Fsp3) is 1.00. The smallest absolute Gasteiger partial charge is 0.0786 e. The summed E-state index contributed by atoms with van der Waals surface area (Å²) >= 11 is 0. The van der Waals surface area contributed by atoms with Crippen LogP contribution in [0.25, 0.3) is 0 Å². The molecule has 5 nitrogen and oxygen atoms in total. The van der Waals surface area contributed by atoms with Gasteiger partial charge in [-0.2, -0.15) is 0 Å². The molecule has 0 unspecified atom stereocenters. The third-order valence-electron chi connectivity index (χ3n) is 8.31. The molecule has 224 valence electrons. The maximum Gasteiger partial charge on any atom is 0.0786 e. The van der Waals surface area contributed by atoms with E-state index in [4.69, 9.17) is 15.3 Å². The Morgan fingerprint density at radius 2 is 0.595 bits per heavy atom. The lowest BCUT2D eigenvalue weighted by Gasteiger charge is -2.37. The molecule has 0 spiro atoms. The van der Waals surface area contributed by atoms with Gasteiger partial charge in [0.1, 0.15) is 0 Å². The highest BCUT2D eigenvalue weighted by atomic mass is 16.9. The molecular formula is C32H68N2O3. The predicted molar refractivity (Wildman–Crippen MR) is 164 cm³/mol. The summed E-state index contributed by atoms with van der Waals surface area (Å²) in [5, 5.41) is 14.8. The van der Waals surface area contributed by atoms with Gasteiger partial charge in [0.2, 0.25) is 0 Å². The molecule has 0 atom stereocenters. The zero-order valence-corrected chi connectivity index (χ0v) is 25.9. The molecule has 37 heavy (non-hydrogen) atoms. The second-order valence-electron chi connectivity index (χ2n) is 11.4. The number of unbranched alkanes of at least 4 members (excludes halogenated alkanes) is 22. The van der Waals surface area contributed by atoms with Gasteiger partial charge in [-0.05, 0) is 39.5 Å². The number of hydrogen-bond donors (Lipinski definition) is 0. The van der Waals surface area contributed by atoms with Crippen molar-refractivity contribution in [2.24, 2.45) is 0 Å². The van der Waals surface area contributed by atoms with Crippen molar-refractivity contribution in [2.75, 3.05) is 26.2 Å². The first-order chi connectivity index (χ1) is 18.0. The third kappa shape index (κ3) is 31.3. The monoisotopic (exact) mass is 529 g/mol. The Kier molecular flexibility index (Phi) is 32.5. The van der Waals surface area contributed by atoms with E-state index < -0.39 is 5.09 Å². The van der Waals surface area contributed by atoms with Crippen molar-refractivity contribution in [1.29, 1.82) is 0 Å². The second kappa shape index (κ2) is 31.4. The van der Waals surface area contributed by atoms with Crippen LogP contribution in [0.4, 0.5) is 0 Å². The lowest BCUT2D eigenvalue weighted by Crippen LogP contribution is -2.49. The Bertz CT molecular complexity index is 438. The first kappa shape index (κ1) is 38.3. The van der Waals surface area contributed by atoms with Gasteiger partial charge in [0.15, 0.2) is 0 Å². The molecule has 0 aliphatic carbocycles. The van der Waals surface area contributed by atoms with Crippen LogP contribution >= 0.6 is 0 Å². The van der Waals surface area contributed by atoms with Crippen LogP contribution in [0.5, 0.6) is 0 Å². The fourth-order valence-corrected chi connectivity index (χ4v) is 5.54. The van der Waals surface area contributed by atoms with Gasteiger partial charge >= 0.3 is 0 Å². The van der Waals surface area contributed by atoms with Gasteiger partial charge in [-0.25, -0.2) is 0 Å². The van der Waals surface area contributed by atoms with Gasteiger partial charge < -0.3 is 19.8 Å². The van der Waals surface area contributed by atoms with E-state index in [0.717, 1.165) is 0 Å². The van der Waals surface area contributed by atoms with E-state index in [-0.39, 0.29) is 0 Å². The van der Waals surface area contributed by atoms with Crippen molar-refractivity contribution in [2.45, 2.75) is 182 Å². The minimum atomic E-state index is -1.75. The number of nitrogens with zero attached hydrogens (tertiary/aromatic N) is 2. The van der Waals surface area contributed by atoms with Crippen LogP contribution in [0.3, 0.4) is 0 Å². The quantitative estimate of drug-likeness (QED) is 0.0439. The molecule has 0 saturated heterocycles. The lowest BCUT2D eigenvalue weighted by atomic mass is 10.0. The van der Waals surface area contributed by atoms with Crippen molar-refractivity contribution < 1.29 is 9.57 Å². The zero-order chi connectivity index (χ0) is 27.9. The van der Waals surface area contributed by atoms with E-state index in [9.17, 15) is 0 Å². The summed E-state index contributed by atoms with van der Waals surface area (Å²) in [5.41, 5.74) is 0. The Hall–Kier alpha value is -0.840. The summed E-state index contributed by atoms with van der Waals surface area (Å²) in [5.74, 6) is 0. The van der Waals surface area contributed by atoms with Crippen LogP contribution in [0.15, 0.2) is 0 Å². The molecule has 0 radical (unpaired) electrons. The lowest BCUT2D eigenvalue weighted by molar-refractivity contribution is -0.925. The van der Waals surface area contributed by atoms with Crippen molar-refractivity contribution in [3.05, 3.63) is 15.3 Å². The maximum absolute atomic E-state index is 8.25. The second-order valence-corrected chi connectivity index (χ2v) is 11.4. The minimum Gasteiger partial charge on any atom is -0.356 e. The Morgan fingerprint density at radius 1 is 0.405 bits per heavy atom. The van der Waals surface area contributed by atoms with Gasteiger partial charge in [0.05, 0.1) is 31.3 Å². The van der Waals surface area contributed by atoms with Crippen molar-refractivity contribution in [3.63, 3.8) is 0 Å². The molecule has 0 aromatic carbocycles. The van der Waals surface area contributed by atoms with Gasteiger partial charge in [0, 0.05) is 0 Å². The summed E-state index contributed by atoms with van der Waals surface area (Å²) in [6, 6.07) is 0. The molecule has 0 aromatic rings. The average molecular weight is 529 g/mol. The van der Waals surface area contributed by atoms with Gasteiger partial charge in [0.25, 0.3) is 0 Å². The molecule has 0 aliphatic heterocycles. The fourth-order valence-electron chi connectivity index (χ4n) is 5.54. The highest BCUT2D eigenvalue weighted by molar-refractivity contribution is 4.52. The molecule has 0 heterocycles. The van der Waals surface area contributed by atoms with E-state index in [0.29, 0.717) is 0 Å². The van der Waals surface area contributed by atoms with Crippen molar-refractivity contribution >= 4 is 0 Å². The van der Waals surface area contributed by atoms with E-state index in [1.165, 1.54) is 185 Å². The number of quaternary nitrogens is 1. The van der Waals surface area contributed by atoms with Crippen LogP contribution in [-0.2, 0) is 0 Å². The predicted octanol–water partition coefficient (Wildman–Crippen LogP) is 11.0. The molecule has 0 aliphatic rings. The Labute approximate surface area is 232 Å². The van der Waals surface area contributed by atoms with Crippen LogP contribution in [0.1, 0.15) is 182 Å².